The Bertz CT molecular complexity index is 1040. The van der Waals surface area contributed by atoms with Crippen molar-refractivity contribution in [2.75, 3.05) is 0 Å². The van der Waals surface area contributed by atoms with Crippen LogP contribution in [-0.2, 0) is 19.1 Å². The van der Waals surface area contributed by atoms with Crippen LogP contribution in [0.1, 0.15) is 64.7 Å². The minimum Gasteiger partial charge on any atom is -0.458 e. The SMILES string of the molecule is CC(=O)O[C@]12C[C@@H](C)[C@H](OC(=O)c3ccccc3)[C@@H]1/C=C(\C)[C@H](O)CC(=O)C(C)(C)/C=C/[C@@H](C)[C@H]2O. The molecule has 7 atom stereocenters. The van der Waals surface area contributed by atoms with Crippen LogP contribution >= 0.6 is 0 Å². The number of hydrogen-bond donors (Lipinski definition) is 2. The molecule has 2 aliphatic carbocycles. The zero-order chi connectivity index (χ0) is 26.8. The topological polar surface area (TPSA) is 110 Å². The number of fused-ring (bicyclic) bond motifs is 1. The minimum atomic E-state index is -1.40. The standard InChI is InChI=1S/C29H38O7/c1-17-12-13-28(5,6)24(32)15-23(31)18(2)14-22-25(35-27(34)21-10-8-7-9-11-21)19(3)16-29(22,26(17)33)36-20(4)30/h7-14,17,19,22-23,25-26,31,33H,15-16H2,1-6H3/b13-12+,18-14+/t17-,19-,22+,23-,25+,26-,29-/m1/s1. The molecule has 1 aromatic rings. The summed E-state index contributed by atoms with van der Waals surface area (Å²) in [6, 6.07) is 8.59. The third-order valence-electron chi connectivity index (χ3n) is 7.59. The van der Waals surface area contributed by atoms with Crippen LogP contribution in [0.5, 0.6) is 0 Å². The van der Waals surface area contributed by atoms with Crippen molar-refractivity contribution in [2.24, 2.45) is 23.2 Å². The highest BCUT2D eigenvalue weighted by molar-refractivity contribution is 5.89. The first-order valence-corrected chi connectivity index (χ1v) is 12.5. The Morgan fingerprint density at radius 2 is 1.72 bits per heavy atom. The fourth-order valence-corrected chi connectivity index (χ4v) is 5.36. The summed E-state index contributed by atoms with van der Waals surface area (Å²) in [5.41, 5.74) is -1.38. The number of allylic oxidation sites excluding steroid dienone is 1. The van der Waals surface area contributed by atoms with E-state index in [1.807, 2.05) is 6.92 Å². The third kappa shape index (κ3) is 5.62. The second kappa shape index (κ2) is 10.7. The number of rotatable bonds is 3. The van der Waals surface area contributed by atoms with Crippen molar-refractivity contribution in [1.82, 2.24) is 0 Å². The number of ketones is 1. The van der Waals surface area contributed by atoms with Gasteiger partial charge in [-0.3, -0.25) is 9.59 Å². The van der Waals surface area contributed by atoms with Gasteiger partial charge in [-0.05, 0) is 50.8 Å². The Balaban J connectivity index is 2.14. The lowest BCUT2D eigenvalue weighted by atomic mass is 9.75. The van der Waals surface area contributed by atoms with Gasteiger partial charge in [0, 0.05) is 24.7 Å². The van der Waals surface area contributed by atoms with Crippen molar-refractivity contribution >= 4 is 17.7 Å². The van der Waals surface area contributed by atoms with E-state index in [1.54, 1.807) is 76.3 Å². The van der Waals surface area contributed by atoms with Crippen molar-refractivity contribution in [2.45, 2.75) is 78.3 Å². The molecular weight excluding hydrogens is 460 g/mol. The first kappa shape index (κ1) is 27.8. The molecule has 0 aliphatic heterocycles. The molecule has 7 nitrogen and oxygen atoms in total. The molecule has 0 aromatic heterocycles. The third-order valence-corrected chi connectivity index (χ3v) is 7.59. The molecule has 1 saturated carbocycles. The number of benzene rings is 1. The molecule has 36 heavy (non-hydrogen) atoms. The average molecular weight is 499 g/mol. The molecule has 0 radical (unpaired) electrons. The van der Waals surface area contributed by atoms with Gasteiger partial charge in [0.25, 0.3) is 0 Å². The molecule has 1 aromatic carbocycles. The monoisotopic (exact) mass is 498 g/mol. The number of aliphatic hydroxyl groups excluding tert-OH is 2. The van der Waals surface area contributed by atoms with Crippen LogP contribution in [0.25, 0.3) is 0 Å². The second-order valence-corrected chi connectivity index (χ2v) is 10.9. The normalized spacial score (nSPS) is 36.9. The van der Waals surface area contributed by atoms with Gasteiger partial charge in [-0.15, -0.1) is 0 Å². The van der Waals surface area contributed by atoms with Gasteiger partial charge in [0.15, 0.2) is 0 Å². The van der Waals surface area contributed by atoms with Crippen molar-refractivity contribution < 1.29 is 34.1 Å². The summed E-state index contributed by atoms with van der Waals surface area (Å²) in [4.78, 5) is 38.3. The zero-order valence-corrected chi connectivity index (χ0v) is 21.9. The molecule has 0 unspecified atom stereocenters. The van der Waals surface area contributed by atoms with Gasteiger partial charge in [0.2, 0.25) is 0 Å². The molecule has 3 rings (SSSR count). The lowest BCUT2D eigenvalue weighted by Crippen LogP contribution is -2.53. The van der Waals surface area contributed by atoms with E-state index in [1.165, 1.54) is 6.92 Å². The summed E-state index contributed by atoms with van der Waals surface area (Å²) in [5.74, 6) is -2.72. The fourth-order valence-electron chi connectivity index (χ4n) is 5.36. The number of Topliss-reactive ketones (excluding diaryl/α,β-unsaturated/α-hetero) is 1. The van der Waals surface area contributed by atoms with Crippen molar-refractivity contribution in [1.29, 1.82) is 0 Å². The maximum absolute atomic E-state index is 13.0. The second-order valence-electron chi connectivity index (χ2n) is 10.9. The summed E-state index contributed by atoms with van der Waals surface area (Å²) in [5, 5.41) is 22.5. The van der Waals surface area contributed by atoms with Crippen LogP contribution in [-0.4, -0.2) is 51.8 Å². The minimum absolute atomic E-state index is 0.0894. The van der Waals surface area contributed by atoms with E-state index in [4.69, 9.17) is 9.47 Å². The van der Waals surface area contributed by atoms with Crippen LogP contribution < -0.4 is 0 Å². The summed E-state index contributed by atoms with van der Waals surface area (Å²) in [6.07, 6.45) is 2.40. The van der Waals surface area contributed by atoms with Crippen LogP contribution in [0.3, 0.4) is 0 Å². The van der Waals surface area contributed by atoms with Gasteiger partial charge in [-0.1, -0.05) is 50.3 Å². The van der Waals surface area contributed by atoms with E-state index in [2.05, 4.69) is 0 Å². The fraction of sp³-hybridized carbons (Fsp3) is 0.552. The smallest absolute Gasteiger partial charge is 0.338 e. The summed E-state index contributed by atoms with van der Waals surface area (Å²) in [6.45, 7) is 10.2. The summed E-state index contributed by atoms with van der Waals surface area (Å²) >= 11 is 0. The number of carbonyl (C=O) groups excluding carboxylic acids is 3. The van der Waals surface area contributed by atoms with Gasteiger partial charge in [-0.2, -0.15) is 0 Å². The van der Waals surface area contributed by atoms with Gasteiger partial charge in [-0.25, -0.2) is 4.79 Å². The maximum atomic E-state index is 13.0. The number of esters is 2. The van der Waals surface area contributed by atoms with Crippen molar-refractivity contribution in [3.63, 3.8) is 0 Å². The van der Waals surface area contributed by atoms with Gasteiger partial charge < -0.3 is 19.7 Å². The van der Waals surface area contributed by atoms with Crippen molar-refractivity contribution in [3.8, 4) is 0 Å². The molecule has 0 amide bonds. The molecule has 0 bridgehead atoms. The Hall–Kier alpha value is -2.77. The summed E-state index contributed by atoms with van der Waals surface area (Å²) in [7, 11) is 0. The number of carbonyl (C=O) groups is 3. The van der Waals surface area contributed by atoms with E-state index in [0.29, 0.717) is 11.1 Å². The number of aliphatic hydroxyl groups is 2. The Labute approximate surface area is 213 Å². The first-order chi connectivity index (χ1) is 16.8. The quantitative estimate of drug-likeness (QED) is 0.478. The van der Waals surface area contributed by atoms with Crippen LogP contribution in [0.2, 0.25) is 0 Å². The highest BCUT2D eigenvalue weighted by Crippen LogP contribution is 2.50. The lowest BCUT2D eigenvalue weighted by molar-refractivity contribution is -0.181. The van der Waals surface area contributed by atoms with E-state index in [-0.39, 0.29) is 24.5 Å². The highest BCUT2D eigenvalue weighted by Gasteiger charge is 2.60. The molecule has 0 heterocycles. The highest BCUT2D eigenvalue weighted by atomic mass is 16.6. The van der Waals surface area contributed by atoms with Crippen LogP contribution in [0.15, 0.2) is 54.1 Å². The predicted molar refractivity (Wildman–Crippen MR) is 135 cm³/mol. The maximum Gasteiger partial charge on any atom is 0.338 e. The number of hydrogen-bond acceptors (Lipinski definition) is 7. The van der Waals surface area contributed by atoms with Gasteiger partial charge >= 0.3 is 11.9 Å². The lowest BCUT2D eigenvalue weighted by Gasteiger charge is -2.41. The molecule has 2 aliphatic rings. The summed E-state index contributed by atoms with van der Waals surface area (Å²) < 4.78 is 11.9. The van der Waals surface area contributed by atoms with E-state index in [9.17, 15) is 24.6 Å². The predicted octanol–water partition coefficient (Wildman–Crippen LogP) is 4.03. The number of ether oxygens (including phenoxy) is 2. The molecule has 2 N–H and O–H groups in total. The molecule has 1 fully saturated rings. The molecular formula is C29H38O7. The molecule has 0 spiro atoms. The molecule has 0 saturated heterocycles. The van der Waals surface area contributed by atoms with Gasteiger partial charge in [0.05, 0.1) is 17.6 Å². The van der Waals surface area contributed by atoms with E-state index < -0.39 is 53.1 Å². The first-order valence-electron chi connectivity index (χ1n) is 12.5. The van der Waals surface area contributed by atoms with E-state index >= 15 is 0 Å². The molecule has 196 valence electrons. The van der Waals surface area contributed by atoms with E-state index in [0.717, 1.165) is 0 Å². The Kier molecular flexibility index (Phi) is 8.26. The van der Waals surface area contributed by atoms with Crippen LogP contribution in [0.4, 0.5) is 0 Å². The largest absolute Gasteiger partial charge is 0.458 e. The zero-order valence-electron chi connectivity index (χ0n) is 21.9. The Morgan fingerprint density at radius 3 is 2.33 bits per heavy atom. The Morgan fingerprint density at radius 1 is 1.08 bits per heavy atom. The molecule has 7 heteroatoms. The van der Waals surface area contributed by atoms with Crippen molar-refractivity contribution in [3.05, 3.63) is 59.7 Å². The van der Waals surface area contributed by atoms with Gasteiger partial charge in [0.1, 0.15) is 23.6 Å². The average Bonchev–Trinajstić information content (AvgIpc) is 3.07. The van der Waals surface area contributed by atoms with Crippen LogP contribution in [0, 0.1) is 23.2 Å².